The van der Waals surface area contributed by atoms with E-state index in [9.17, 15) is 10.1 Å². The lowest BCUT2D eigenvalue weighted by atomic mass is 10.1. The maximum atomic E-state index is 12.7. The topological polar surface area (TPSA) is 57.0 Å². The number of aromatic nitrogens is 1. The average molecular weight is 373 g/mol. The molecule has 0 N–H and O–H groups in total. The predicted octanol–water partition coefficient (Wildman–Crippen LogP) is 4.77. The van der Waals surface area contributed by atoms with Crippen LogP contribution in [0.25, 0.3) is 11.3 Å². The van der Waals surface area contributed by atoms with Gasteiger partial charge in [-0.05, 0) is 31.2 Å². The summed E-state index contributed by atoms with van der Waals surface area (Å²) >= 11 is 1.30. The normalized spacial score (nSPS) is 10.2. The number of para-hydroxylation sites is 1. The van der Waals surface area contributed by atoms with Crippen molar-refractivity contribution in [2.75, 3.05) is 17.2 Å². The van der Waals surface area contributed by atoms with E-state index < -0.39 is 0 Å². The molecule has 3 aromatic rings. The summed E-state index contributed by atoms with van der Waals surface area (Å²) in [6.45, 7) is 2.54. The minimum absolute atomic E-state index is 0.00972. The SMILES string of the molecule is CCN(C(=O)CSc1nc(-c2ccccc2)ccc1C#N)c1ccccc1. The molecule has 27 heavy (non-hydrogen) atoms. The second-order valence-corrected chi connectivity index (χ2v) is 6.75. The minimum atomic E-state index is -0.00972. The molecule has 0 aliphatic heterocycles. The van der Waals surface area contributed by atoms with E-state index in [0.29, 0.717) is 17.1 Å². The van der Waals surface area contributed by atoms with Crippen LogP contribution in [-0.4, -0.2) is 23.2 Å². The first-order valence-electron chi connectivity index (χ1n) is 8.67. The first-order chi connectivity index (χ1) is 13.2. The molecule has 3 rings (SSSR count). The minimum Gasteiger partial charge on any atom is -0.312 e. The number of pyridine rings is 1. The van der Waals surface area contributed by atoms with Crippen LogP contribution in [0.5, 0.6) is 0 Å². The zero-order valence-electron chi connectivity index (χ0n) is 15.0. The van der Waals surface area contributed by atoms with Crippen LogP contribution in [0.4, 0.5) is 5.69 Å². The van der Waals surface area contributed by atoms with Crippen molar-refractivity contribution in [3.8, 4) is 17.3 Å². The van der Waals surface area contributed by atoms with E-state index in [1.54, 1.807) is 11.0 Å². The van der Waals surface area contributed by atoms with Crippen LogP contribution in [0.2, 0.25) is 0 Å². The van der Waals surface area contributed by atoms with Gasteiger partial charge in [0, 0.05) is 17.8 Å². The molecule has 2 aromatic carbocycles. The fraction of sp³-hybridized carbons (Fsp3) is 0.136. The van der Waals surface area contributed by atoms with Crippen molar-refractivity contribution in [1.82, 2.24) is 4.98 Å². The highest BCUT2D eigenvalue weighted by molar-refractivity contribution is 8.00. The molecule has 0 spiro atoms. The Bertz CT molecular complexity index is 952. The summed E-state index contributed by atoms with van der Waals surface area (Å²) in [7, 11) is 0. The number of carbonyl (C=O) groups excluding carboxylic acids is 1. The van der Waals surface area contributed by atoms with Gasteiger partial charge in [0.05, 0.1) is 17.0 Å². The lowest BCUT2D eigenvalue weighted by molar-refractivity contribution is -0.116. The summed E-state index contributed by atoms with van der Waals surface area (Å²) in [4.78, 5) is 19.0. The summed E-state index contributed by atoms with van der Waals surface area (Å²) < 4.78 is 0. The van der Waals surface area contributed by atoms with Gasteiger partial charge in [-0.2, -0.15) is 5.26 Å². The molecule has 0 saturated heterocycles. The molecule has 4 nitrogen and oxygen atoms in total. The molecule has 1 aromatic heterocycles. The highest BCUT2D eigenvalue weighted by Gasteiger charge is 2.16. The summed E-state index contributed by atoms with van der Waals surface area (Å²) in [6, 6.07) is 25.1. The standard InChI is InChI=1S/C22H19N3OS/c1-2-25(19-11-7-4-8-12-19)21(26)16-27-22-18(15-23)13-14-20(24-22)17-9-5-3-6-10-17/h3-14H,2,16H2,1H3. The molecule has 1 amide bonds. The Hall–Kier alpha value is -3.10. The van der Waals surface area contributed by atoms with E-state index in [1.807, 2.05) is 73.7 Å². The molecule has 0 atom stereocenters. The Morgan fingerprint density at radius 3 is 2.33 bits per heavy atom. The molecule has 0 radical (unpaired) electrons. The molecule has 134 valence electrons. The molecule has 1 heterocycles. The van der Waals surface area contributed by atoms with E-state index >= 15 is 0 Å². The van der Waals surface area contributed by atoms with Crippen LogP contribution in [-0.2, 0) is 4.79 Å². The van der Waals surface area contributed by atoms with Crippen LogP contribution in [0, 0.1) is 11.3 Å². The van der Waals surface area contributed by atoms with Crippen molar-refractivity contribution in [3.05, 3.63) is 78.4 Å². The monoisotopic (exact) mass is 373 g/mol. The van der Waals surface area contributed by atoms with Gasteiger partial charge in [-0.25, -0.2) is 4.98 Å². The molecule has 0 aliphatic rings. The molecular formula is C22H19N3OS. The quantitative estimate of drug-likeness (QED) is 0.584. The second kappa shape index (κ2) is 9.02. The highest BCUT2D eigenvalue weighted by Crippen LogP contribution is 2.26. The Balaban J connectivity index is 1.78. The number of benzene rings is 2. The Morgan fingerprint density at radius 2 is 1.70 bits per heavy atom. The van der Waals surface area contributed by atoms with Crippen LogP contribution in [0.3, 0.4) is 0 Å². The van der Waals surface area contributed by atoms with Crippen molar-refractivity contribution in [2.24, 2.45) is 0 Å². The summed E-state index contributed by atoms with van der Waals surface area (Å²) in [5.41, 5.74) is 3.13. The van der Waals surface area contributed by atoms with E-state index in [1.165, 1.54) is 11.8 Å². The summed E-state index contributed by atoms with van der Waals surface area (Å²) in [5.74, 6) is 0.215. The van der Waals surface area contributed by atoms with Gasteiger partial charge in [0.2, 0.25) is 5.91 Å². The number of anilines is 1. The van der Waals surface area contributed by atoms with Crippen LogP contribution in [0.1, 0.15) is 12.5 Å². The number of hydrogen-bond donors (Lipinski definition) is 0. The zero-order valence-corrected chi connectivity index (χ0v) is 15.8. The van der Waals surface area contributed by atoms with Gasteiger partial charge in [-0.3, -0.25) is 4.79 Å². The fourth-order valence-corrected chi connectivity index (χ4v) is 3.57. The van der Waals surface area contributed by atoms with Crippen molar-refractivity contribution in [3.63, 3.8) is 0 Å². The lowest BCUT2D eigenvalue weighted by Gasteiger charge is -2.20. The third-order valence-electron chi connectivity index (χ3n) is 4.07. The summed E-state index contributed by atoms with van der Waals surface area (Å²) in [5, 5.41) is 9.96. The number of thioether (sulfide) groups is 1. The molecule has 0 bridgehead atoms. The van der Waals surface area contributed by atoms with Gasteiger partial charge < -0.3 is 4.90 Å². The third-order valence-corrected chi connectivity index (χ3v) is 5.04. The zero-order chi connectivity index (χ0) is 19.1. The number of nitriles is 1. The van der Waals surface area contributed by atoms with E-state index in [-0.39, 0.29) is 11.7 Å². The molecule has 5 heteroatoms. The molecule has 0 aliphatic carbocycles. The number of amides is 1. The van der Waals surface area contributed by atoms with Crippen molar-refractivity contribution >= 4 is 23.4 Å². The number of carbonyl (C=O) groups is 1. The molecular weight excluding hydrogens is 354 g/mol. The smallest absolute Gasteiger partial charge is 0.237 e. The van der Waals surface area contributed by atoms with Crippen molar-refractivity contribution in [1.29, 1.82) is 5.26 Å². The highest BCUT2D eigenvalue weighted by atomic mass is 32.2. The van der Waals surface area contributed by atoms with Crippen molar-refractivity contribution in [2.45, 2.75) is 11.9 Å². The Labute approximate surface area is 163 Å². The van der Waals surface area contributed by atoms with E-state index in [4.69, 9.17) is 0 Å². The van der Waals surface area contributed by atoms with E-state index in [0.717, 1.165) is 16.9 Å². The van der Waals surface area contributed by atoms with E-state index in [2.05, 4.69) is 11.1 Å². The largest absolute Gasteiger partial charge is 0.312 e. The van der Waals surface area contributed by atoms with Gasteiger partial charge in [0.25, 0.3) is 0 Å². The Morgan fingerprint density at radius 1 is 1.04 bits per heavy atom. The van der Waals surface area contributed by atoms with Gasteiger partial charge in [0.15, 0.2) is 0 Å². The Kier molecular flexibility index (Phi) is 6.24. The van der Waals surface area contributed by atoms with Gasteiger partial charge >= 0.3 is 0 Å². The van der Waals surface area contributed by atoms with Gasteiger partial charge in [-0.15, -0.1) is 0 Å². The number of rotatable bonds is 6. The maximum Gasteiger partial charge on any atom is 0.237 e. The average Bonchev–Trinajstić information content (AvgIpc) is 2.74. The summed E-state index contributed by atoms with van der Waals surface area (Å²) in [6.07, 6.45) is 0. The maximum absolute atomic E-state index is 12.7. The van der Waals surface area contributed by atoms with Gasteiger partial charge in [0.1, 0.15) is 11.1 Å². The van der Waals surface area contributed by atoms with Crippen LogP contribution < -0.4 is 4.90 Å². The van der Waals surface area contributed by atoms with Gasteiger partial charge in [-0.1, -0.05) is 60.3 Å². The number of hydrogen-bond acceptors (Lipinski definition) is 4. The lowest BCUT2D eigenvalue weighted by Crippen LogP contribution is -2.32. The third kappa shape index (κ3) is 4.55. The van der Waals surface area contributed by atoms with Crippen LogP contribution in [0.15, 0.2) is 77.8 Å². The first kappa shape index (κ1) is 18.7. The molecule has 0 saturated carbocycles. The second-order valence-electron chi connectivity index (χ2n) is 5.79. The number of nitrogens with zero attached hydrogens (tertiary/aromatic N) is 3. The predicted molar refractivity (Wildman–Crippen MR) is 110 cm³/mol. The fourth-order valence-electron chi connectivity index (χ4n) is 2.72. The molecule has 0 fully saturated rings. The first-order valence-corrected chi connectivity index (χ1v) is 9.66. The molecule has 0 unspecified atom stereocenters. The van der Waals surface area contributed by atoms with Crippen molar-refractivity contribution < 1.29 is 4.79 Å². The van der Waals surface area contributed by atoms with Crippen LogP contribution >= 0.6 is 11.8 Å².